The fraction of sp³-hybridized carbons (Fsp3) is 1.00. The Labute approximate surface area is 118 Å². The first-order valence-corrected chi connectivity index (χ1v) is 7.82. The van der Waals surface area contributed by atoms with Crippen LogP contribution in [0.2, 0.25) is 0 Å². The molecule has 0 amide bonds. The Kier molecular flexibility index (Phi) is 4.69. The van der Waals surface area contributed by atoms with Crippen molar-refractivity contribution in [3.8, 4) is 0 Å². The molecule has 2 nitrogen and oxygen atoms in total. The summed E-state index contributed by atoms with van der Waals surface area (Å²) in [6, 6.07) is 0. The predicted molar refractivity (Wildman–Crippen MR) is 72.2 cm³/mol. The van der Waals surface area contributed by atoms with Crippen molar-refractivity contribution >= 4 is 0 Å². The molecule has 2 rings (SSSR count). The SMILES string of the molecule is NCC1(C2(O)CCCC(C(F)(F)F)C2)CCCCCC1. The van der Waals surface area contributed by atoms with Crippen molar-refractivity contribution in [2.45, 2.75) is 76.0 Å². The molecule has 0 aliphatic heterocycles. The lowest BCUT2D eigenvalue weighted by Gasteiger charge is -2.51. The topological polar surface area (TPSA) is 46.2 Å². The van der Waals surface area contributed by atoms with Gasteiger partial charge < -0.3 is 10.8 Å². The van der Waals surface area contributed by atoms with E-state index in [0.717, 1.165) is 38.5 Å². The highest BCUT2D eigenvalue weighted by atomic mass is 19.4. The molecule has 0 aromatic rings. The van der Waals surface area contributed by atoms with E-state index >= 15 is 0 Å². The highest BCUT2D eigenvalue weighted by Crippen LogP contribution is 2.53. The third kappa shape index (κ3) is 2.98. The van der Waals surface area contributed by atoms with Crippen LogP contribution < -0.4 is 5.73 Å². The molecule has 2 atom stereocenters. The standard InChI is InChI=1S/C15H26F3NO/c16-15(17,18)12-6-5-9-14(20,10-12)13(11-19)7-3-1-2-4-8-13/h12,20H,1-11,19H2. The molecule has 0 radical (unpaired) electrons. The summed E-state index contributed by atoms with van der Waals surface area (Å²) in [5, 5.41) is 11.0. The van der Waals surface area contributed by atoms with Crippen LogP contribution in [0.15, 0.2) is 0 Å². The molecule has 3 N–H and O–H groups in total. The molecular formula is C15H26F3NO. The van der Waals surface area contributed by atoms with Gasteiger partial charge in [0.05, 0.1) is 11.5 Å². The molecule has 2 fully saturated rings. The van der Waals surface area contributed by atoms with E-state index in [1.165, 1.54) is 0 Å². The minimum absolute atomic E-state index is 0.145. The first-order valence-electron chi connectivity index (χ1n) is 7.82. The lowest BCUT2D eigenvalue weighted by molar-refractivity contribution is -0.218. The van der Waals surface area contributed by atoms with Crippen LogP contribution in [-0.4, -0.2) is 23.4 Å². The molecule has 0 saturated heterocycles. The van der Waals surface area contributed by atoms with E-state index in [1.54, 1.807) is 0 Å². The summed E-state index contributed by atoms with van der Waals surface area (Å²) in [4.78, 5) is 0. The van der Waals surface area contributed by atoms with Crippen LogP contribution in [0.4, 0.5) is 13.2 Å². The van der Waals surface area contributed by atoms with Crippen LogP contribution in [0.5, 0.6) is 0 Å². The van der Waals surface area contributed by atoms with E-state index in [2.05, 4.69) is 0 Å². The number of hydrogen-bond donors (Lipinski definition) is 2. The fourth-order valence-corrected chi connectivity index (χ4v) is 4.28. The molecule has 0 bridgehead atoms. The van der Waals surface area contributed by atoms with Gasteiger partial charge in [-0.1, -0.05) is 25.7 Å². The summed E-state index contributed by atoms with van der Waals surface area (Å²) in [5.74, 6) is -1.37. The van der Waals surface area contributed by atoms with Crippen molar-refractivity contribution in [3.63, 3.8) is 0 Å². The first kappa shape index (κ1) is 16.1. The average Bonchev–Trinajstić information content (AvgIpc) is 2.64. The van der Waals surface area contributed by atoms with Crippen LogP contribution >= 0.6 is 0 Å². The largest absolute Gasteiger partial charge is 0.391 e. The van der Waals surface area contributed by atoms with Crippen molar-refractivity contribution in [2.24, 2.45) is 17.1 Å². The number of hydrogen-bond acceptors (Lipinski definition) is 2. The van der Waals surface area contributed by atoms with Crippen LogP contribution in [0.3, 0.4) is 0 Å². The van der Waals surface area contributed by atoms with Gasteiger partial charge in [0.25, 0.3) is 0 Å². The summed E-state index contributed by atoms with van der Waals surface area (Å²) in [5.41, 5.74) is 4.20. The Morgan fingerprint density at radius 1 is 1.00 bits per heavy atom. The molecule has 0 spiro atoms. The summed E-state index contributed by atoms with van der Waals surface area (Å²) in [6.07, 6.45) is 2.37. The molecule has 5 heteroatoms. The Morgan fingerprint density at radius 3 is 2.10 bits per heavy atom. The van der Waals surface area contributed by atoms with E-state index in [1.807, 2.05) is 0 Å². The van der Waals surface area contributed by atoms with E-state index in [0.29, 0.717) is 19.4 Å². The maximum atomic E-state index is 13.0. The Balaban J connectivity index is 2.22. The molecule has 2 aliphatic rings. The third-order valence-electron chi connectivity index (χ3n) is 5.63. The monoisotopic (exact) mass is 293 g/mol. The summed E-state index contributed by atoms with van der Waals surface area (Å²) < 4.78 is 39.1. The number of alkyl halides is 3. The van der Waals surface area contributed by atoms with E-state index < -0.39 is 23.1 Å². The summed E-state index contributed by atoms with van der Waals surface area (Å²) >= 11 is 0. The van der Waals surface area contributed by atoms with E-state index in [9.17, 15) is 18.3 Å². The highest BCUT2D eigenvalue weighted by molar-refractivity contribution is 5.03. The van der Waals surface area contributed by atoms with Crippen molar-refractivity contribution in [1.82, 2.24) is 0 Å². The molecular weight excluding hydrogens is 267 g/mol. The van der Waals surface area contributed by atoms with Crippen molar-refractivity contribution in [2.75, 3.05) is 6.54 Å². The minimum atomic E-state index is -4.20. The molecule has 20 heavy (non-hydrogen) atoms. The van der Waals surface area contributed by atoms with Gasteiger partial charge in [-0.15, -0.1) is 0 Å². The lowest BCUT2D eigenvalue weighted by atomic mass is 9.59. The van der Waals surface area contributed by atoms with Gasteiger partial charge >= 0.3 is 6.18 Å². The van der Waals surface area contributed by atoms with Gasteiger partial charge in [0, 0.05) is 12.0 Å². The maximum absolute atomic E-state index is 13.0. The lowest BCUT2D eigenvalue weighted by Crippen LogP contribution is -2.56. The highest BCUT2D eigenvalue weighted by Gasteiger charge is 2.55. The first-order chi connectivity index (χ1) is 9.33. The van der Waals surface area contributed by atoms with Crippen molar-refractivity contribution < 1.29 is 18.3 Å². The van der Waals surface area contributed by atoms with Gasteiger partial charge in [0.1, 0.15) is 0 Å². The van der Waals surface area contributed by atoms with Crippen LogP contribution in [0.25, 0.3) is 0 Å². The zero-order valence-electron chi connectivity index (χ0n) is 12.0. The van der Waals surface area contributed by atoms with E-state index in [-0.39, 0.29) is 12.8 Å². The normalized spacial score (nSPS) is 35.5. The Bertz CT molecular complexity index is 324. The molecule has 0 aromatic carbocycles. The van der Waals surface area contributed by atoms with Crippen LogP contribution in [0.1, 0.15) is 64.2 Å². The fourth-order valence-electron chi connectivity index (χ4n) is 4.28. The van der Waals surface area contributed by atoms with Gasteiger partial charge in [0.2, 0.25) is 0 Å². The zero-order chi connectivity index (χ0) is 14.9. The van der Waals surface area contributed by atoms with Crippen LogP contribution in [-0.2, 0) is 0 Å². The second-order valence-electron chi connectivity index (χ2n) is 6.77. The predicted octanol–water partition coefficient (Wildman–Crippen LogP) is 3.77. The smallest absolute Gasteiger partial charge is 0.389 e. The molecule has 118 valence electrons. The molecule has 2 saturated carbocycles. The average molecular weight is 293 g/mol. The van der Waals surface area contributed by atoms with Crippen LogP contribution in [0, 0.1) is 11.3 Å². The molecule has 0 aromatic heterocycles. The number of nitrogens with two attached hydrogens (primary N) is 1. The minimum Gasteiger partial charge on any atom is -0.389 e. The molecule has 0 heterocycles. The molecule has 2 unspecified atom stereocenters. The summed E-state index contributed by atoms with van der Waals surface area (Å²) in [6.45, 7) is 0.300. The second kappa shape index (κ2) is 5.84. The molecule has 2 aliphatic carbocycles. The second-order valence-corrected chi connectivity index (χ2v) is 6.77. The number of rotatable bonds is 2. The quantitative estimate of drug-likeness (QED) is 0.761. The van der Waals surface area contributed by atoms with Gasteiger partial charge in [-0.25, -0.2) is 0 Å². The van der Waals surface area contributed by atoms with Crippen molar-refractivity contribution in [1.29, 1.82) is 0 Å². The third-order valence-corrected chi connectivity index (χ3v) is 5.63. The van der Waals surface area contributed by atoms with Gasteiger partial charge in [0.15, 0.2) is 0 Å². The summed E-state index contributed by atoms with van der Waals surface area (Å²) in [7, 11) is 0. The van der Waals surface area contributed by atoms with Gasteiger partial charge in [-0.05, 0) is 38.5 Å². The van der Waals surface area contributed by atoms with Crippen molar-refractivity contribution in [3.05, 3.63) is 0 Å². The maximum Gasteiger partial charge on any atom is 0.391 e. The van der Waals surface area contributed by atoms with Gasteiger partial charge in [-0.3, -0.25) is 0 Å². The van der Waals surface area contributed by atoms with E-state index in [4.69, 9.17) is 5.73 Å². The Morgan fingerprint density at radius 2 is 1.60 bits per heavy atom. The number of halogens is 3. The Hall–Kier alpha value is -0.290. The number of aliphatic hydroxyl groups is 1. The van der Waals surface area contributed by atoms with Gasteiger partial charge in [-0.2, -0.15) is 13.2 Å². The zero-order valence-corrected chi connectivity index (χ0v) is 12.0.